The average Bonchev–Trinajstić information content (AvgIpc) is 2.70. The Bertz CT molecular complexity index is 467. The van der Waals surface area contributed by atoms with E-state index >= 15 is 0 Å². The van der Waals surface area contributed by atoms with Crippen LogP contribution < -0.4 is 5.32 Å². The van der Waals surface area contributed by atoms with Crippen LogP contribution in [0.2, 0.25) is 0 Å². The highest BCUT2D eigenvalue weighted by Gasteiger charge is 2.17. The predicted octanol–water partition coefficient (Wildman–Crippen LogP) is 2.51. The topological polar surface area (TPSA) is 32.3 Å². The number of nitrogens with zero attached hydrogens (tertiary/aromatic N) is 1. The minimum Gasteiger partial charge on any atom is -0.307 e. The van der Waals surface area contributed by atoms with E-state index in [2.05, 4.69) is 44.0 Å². The van der Waals surface area contributed by atoms with Gasteiger partial charge in [0.25, 0.3) is 0 Å². The number of nitrogens with one attached hydrogen (secondary N) is 1. The SMILES string of the molecule is Cc1sc(CNC(C)(C)C)cc1CN1CCS(=O)CC1. The van der Waals surface area contributed by atoms with Gasteiger partial charge in [-0.2, -0.15) is 0 Å². The lowest BCUT2D eigenvalue weighted by Crippen LogP contribution is -2.37. The fourth-order valence-corrected chi connectivity index (χ4v) is 4.38. The van der Waals surface area contributed by atoms with Crippen LogP contribution in [0.4, 0.5) is 0 Å². The standard InChI is InChI=1S/C15H26N2OS2/c1-12-13(11-17-5-7-20(18)8-6-17)9-14(19-12)10-16-15(2,3)4/h9,16H,5-8,10-11H2,1-4H3. The highest BCUT2D eigenvalue weighted by Crippen LogP contribution is 2.24. The lowest BCUT2D eigenvalue weighted by atomic mass is 10.1. The van der Waals surface area contributed by atoms with E-state index in [1.807, 2.05) is 11.3 Å². The second-order valence-corrected chi connectivity index (χ2v) is 9.56. The van der Waals surface area contributed by atoms with Gasteiger partial charge in [0.05, 0.1) is 0 Å². The van der Waals surface area contributed by atoms with Crippen LogP contribution in [0.5, 0.6) is 0 Å². The highest BCUT2D eigenvalue weighted by atomic mass is 32.2. The van der Waals surface area contributed by atoms with Gasteiger partial charge in [0.2, 0.25) is 0 Å². The summed E-state index contributed by atoms with van der Waals surface area (Å²) in [7, 11) is -0.581. The van der Waals surface area contributed by atoms with Crippen LogP contribution in [-0.2, 0) is 23.9 Å². The van der Waals surface area contributed by atoms with E-state index < -0.39 is 10.8 Å². The molecular formula is C15H26N2OS2. The molecule has 114 valence electrons. The molecule has 1 N–H and O–H groups in total. The molecule has 1 aliphatic heterocycles. The lowest BCUT2D eigenvalue weighted by Gasteiger charge is -2.25. The summed E-state index contributed by atoms with van der Waals surface area (Å²) in [5.41, 5.74) is 1.60. The zero-order chi connectivity index (χ0) is 14.8. The van der Waals surface area contributed by atoms with Crippen LogP contribution in [0.25, 0.3) is 0 Å². The molecule has 0 spiro atoms. The third-order valence-corrected chi connectivity index (χ3v) is 5.90. The van der Waals surface area contributed by atoms with Crippen LogP contribution in [0, 0.1) is 6.92 Å². The molecule has 5 heteroatoms. The van der Waals surface area contributed by atoms with E-state index in [1.165, 1.54) is 15.3 Å². The van der Waals surface area contributed by atoms with Crippen molar-refractivity contribution in [3.05, 3.63) is 21.4 Å². The van der Waals surface area contributed by atoms with Gasteiger partial charge in [0, 0.05) is 63.8 Å². The fourth-order valence-electron chi connectivity index (χ4n) is 2.26. The van der Waals surface area contributed by atoms with E-state index in [0.29, 0.717) is 0 Å². The quantitative estimate of drug-likeness (QED) is 0.927. The first-order chi connectivity index (χ1) is 9.33. The minimum atomic E-state index is -0.581. The summed E-state index contributed by atoms with van der Waals surface area (Å²) >= 11 is 1.90. The van der Waals surface area contributed by atoms with Crippen LogP contribution in [0.15, 0.2) is 6.07 Å². The van der Waals surface area contributed by atoms with Gasteiger partial charge in [-0.3, -0.25) is 9.11 Å². The van der Waals surface area contributed by atoms with Crippen LogP contribution >= 0.6 is 11.3 Å². The molecule has 1 fully saturated rings. The molecule has 0 amide bonds. The first-order valence-electron chi connectivity index (χ1n) is 7.24. The normalized spacial score (nSPS) is 18.6. The van der Waals surface area contributed by atoms with Gasteiger partial charge in [-0.05, 0) is 39.3 Å². The Hall–Kier alpha value is -0.230. The van der Waals surface area contributed by atoms with Gasteiger partial charge >= 0.3 is 0 Å². The Kier molecular flexibility index (Phi) is 5.40. The Morgan fingerprint density at radius 2 is 2.00 bits per heavy atom. The Balaban J connectivity index is 1.92. The van der Waals surface area contributed by atoms with Crippen molar-refractivity contribution in [3.63, 3.8) is 0 Å². The van der Waals surface area contributed by atoms with Gasteiger partial charge in [-0.25, -0.2) is 0 Å². The molecule has 0 saturated carbocycles. The number of thiophene rings is 1. The summed E-state index contributed by atoms with van der Waals surface area (Å²) in [4.78, 5) is 5.26. The summed E-state index contributed by atoms with van der Waals surface area (Å²) in [6, 6.07) is 2.34. The monoisotopic (exact) mass is 314 g/mol. The smallest absolute Gasteiger partial charge is 0.0363 e. The molecule has 1 aliphatic rings. The van der Waals surface area contributed by atoms with Crippen molar-refractivity contribution in [1.82, 2.24) is 10.2 Å². The van der Waals surface area contributed by atoms with Crippen molar-refractivity contribution < 1.29 is 4.21 Å². The van der Waals surface area contributed by atoms with Crippen molar-refractivity contribution in [2.45, 2.75) is 46.3 Å². The van der Waals surface area contributed by atoms with Crippen LogP contribution in [-0.4, -0.2) is 39.2 Å². The predicted molar refractivity (Wildman–Crippen MR) is 88.8 cm³/mol. The molecule has 1 aromatic heterocycles. The molecule has 0 atom stereocenters. The lowest BCUT2D eigenvalue weighted by molar-refractivity contribution is 0.291. The van der Waals surface area contributed by atoms with E-state index in [-0.39, 0.29) is 5.54 Å². The zero-order valence-electron chi connectivity index (χ0n) is 13.0. The molecule has 0 aromatic carbocycles. The molecule has 3 nitrogen and oxygen atoms in total. The van der Waals surface area contributed by atoms with E-state index in [0.717, 1.165) is 37.7 Å². The molecule has 2 heterocycles. The molecule has 0 bridgehead atoms. The van der Waals surface area contributed by atoms with Crippen molar-refractivity contribution in [1.29, 1.82) is 0 Å². The summed E-state index contributed by atoms with van der Waals surface area (Å²) in [6.45, 7) is 12.7. The molecule has 0 radical (unpaired) electrons. The average molecular weight is 315 g/mol. The van der Waals surface area contributed by atoms with Crippen LogP contribution in [0.1, 0.15) is 36.1 Å². The van der Waals surface area contributed by atoms with Gasteiger partial charge in [-0.15, -0.1) is 11.3 Å². The fraction of sp³-hybridized carbons (Fsp3) is 0.733. The Labute approximate surface area is 129 Å². The number of hydrogen-bond acceptors (Lipinski definition) is 4. The second-order valence-electron chi connectivity index (χ2n) is 6.52. The summed E-state index contributed by atoms with van der Waals surface area (Å²) in [6.07, 6.45) is 0. The molecule has 1 aromatic rings. The molecule has 0 aliphatic carbocycles. The van der Waals surface area contributed by atoms with E-state index in [9.17, 15) is 4.21 Å². The van der Waals surface area contributed by atoms with E-state index in [4.69, 9.17) is 0 Å². The molecule has 1 saturated heterocycles. The Morgan fingerprint density at radius 3 is 2.60 bits per heavy atom. The van der Waals surface area contributed by atoms with Crippen molar-refractivity contribution >= 4 is 22.1 Å². The maximum atomic E-state index is 11.4. The maximum absolute atomic E-state index is 11.4. The van der Waals surface area contributed by atoms with Crippen molar-refractivity contribution in [2.75, 3.05) is 24.6 Å². The van der Waals surface area contributed by atoms with Crippen molar-refractivity contribution in [3.8, 4) is 0 Å². The van der Waals surface area contributed by atoms with Gasteiger partial charge in [-0.1, -0.05) is 0 Å². The largest absolute Gasteiger partial charge is 0.307 e. The van der Waals surface area contributed by atoms with Gasteiger partial charge in [0.1, 0.15) is 0 Å². The zero-order valence-corrected chi connectivity index (χ0v) is 14.6. The van der Waals surface area contributed by atoms with Gasteiger partial charge in [0.15, 0.2) is 0 Å². The molecular weight excluding hydrogens is 288 g/mol. The van der Waals surface area contributed by atoms with Crippen LogP contribution in [0.3, 0.4) is 0 Å². The number of hydrogen-bond donors (Lipinski definition) is 1. The highest BCUT2D eigenvalue weighted by molar-refractivity contribution is 7.85. The van der Waals surface area contributed by atoms with Crippen molar-refractivity contribution in [2.24, 2.45) is 0 Å². The van der Waals surface area contributed by atoms with Gasteiger partial charge < -0.3 is 5.32 Å². The Morgan fingerprint density at radius 1 is 1.35 bits per heavy atom. The minimum absolute atomic E-state index is 0.162. The first-order valence-corrected chi connectivity index (χ1v) is 9.54. The molecule has 0 unspecified atom stereocenters. The summed E-state index contributed by atoms with van der Waals surface area (Å²) in [5, 5.41) is 3.54. The summed E-state index contributed by atoms with van der Waals surface area (Å²) in [5.74, 6) is 1.67. The number of rotatable bonds is 4. The summed E-state index contributed by atoms with van der Waals surface area (Å²) < 4.78 is 11.4. The second kappa shape index (κ2) is 6.69. The molecule has 20 heavy (non-hydrogen) atoms. The number of aryl methyl sites for hydroxylation is 1. The molecule has 2 rings (SSSR count). The third kappa shape index (κ3) is 4.95. The maximum Gasteiger partial charge on any atom is 0.0363 e. The first kappa shape index (κ1) is 16.1. The van der Waals surface area contributed by atoms with E-state index in [1.54, 1.807) is 0 Å². The third-order valence-electron chi connectivity index (χ3n) is 3.53.